The summed E-state index contributed by atoms with van der Waals surface area (Å²) in [6.07, 6.45) is 3.70. The first kappa shape index (κ1) is 9.88. The quantitative estimate of drug-likeness (QED) is 0.428. The molecular weight excluding hydrogens is 192 g/mol. The summed E-state index contributed by atoms with van der Waals surface area (Å²) < 4.78 is 0. The van der Waals surface area contributed by atoms with Crippen LogP contribution in [0, 0.1) is 0 Å². The molecule has 0 aromatic carbocycles. The Morgan fingerprint density at radius 1 is 1.62 bits per heavy atom. The highest BCUT2D eigenvalue weighted by atomic mass is 35.5. The van der Waals surface area contributed by atoms with Crippen molar-refractivity contribution in [1.82, 2.24) is 16.2 Å². The van der Waals surface area contributed by atoms with Crippen LogP contribution in [-0.2, 0) is 4.79 Å². The molecular formula is C7H11ClN4O. The monoisotopic (exact) mass is 202 g/mol. The first-order chi connectivity index (χ1) is 5.79. The van der Waals surface area contributed by atoms with E-state index in [1.807, 2.05) is 12.3 Å². The van der Waals surface area contributed by atoms with E-state index in [0.29, 0.717) is 6.54 Å². The molecule has 72 valence electrons. The summed E-state index contributed by atoms with van der Waals surface area (Å²) in [6, 6.07) is -0.377. The molecule has 0 spiro atoms. The Morgan fingerprint density at radius 3 is 3.08 bits per heavy atom. The first-order valence-electron chi connectivity index (χ1n) is 3.73. The average molecular weight is 203 g/mol. The number of nitrogens with one attached hydrogen (secondary N) is 3. The van der Waals surface area contributed by atoms with E-state index in [4.69, 9.17) is 5.73 Å². The molecule has 0 saturated carbocycles. The molecule has 6 heteroatoms. The van der Waals surface area contributed by atoms with Gasteiger partial charge in [0, 0.05) is 12.1 Å². The fraction of sp³-hybridized carbons (Fsp3) is 0.286. The van der Waals surface area contributed by atoms with E-state index >= 15 is 0 Å². The molecule has 5 N–H and O–H groups in total. The van der Waals surface area contributed by atoms with Crippen LogP contribution in [0.4, 0.5) is 0 Å². The molecule has 2 heterocycles. The lowest BCUT2D eigenvalue weighted by Crippen LogP contribution is -2.43. The standard InChI is InChI=1S/C7H10N4O.ClH/c8-7(12)6-4-3-9-2-1-5(4)10-11-6;/h1-2,6,9-11H,3H2,(H2,8,12);1H. The SMILES string of the molecule is Cl.NC(=O)C1NNC2=C1CNC=C2. The van der Waals surface area contributed by atoms with Gasteiger partial charge in [-0.3, -0.25) is 4.79 Å². The van der Waals surface area contributed by atoms with Crippen LogP contribution in [0.1, 0.15) is 0 Å². The van der Waals surface area contributed by atoms with E-state index in [0.717, 1.165) is 11.3 Å². The minimum Gasteiger partial charge on any atom is -0.387 e. The van der Waals surface area contributed by atoms with Crippen LogP contribution in [0.2, 0.25) is 0 Å². The molecule has 0 fully saturated rings. The predicted octanol–water partition coefficient (Wildman–Crippen LogP) is -1.26. The van der Waals surface area contributed by atoms with Gasteiger partial charge in [-0.1, -0.05) is 0 Å². The maximum absolute atomic E-state index is 10.9. The molecule has 2 rings (SSSR count). The Hall–Kier alpha value is -1.20. The Morgan fingerprint density at radius 2 is 2.38 bits per heavy atom. The van der Waals surface area contributed by atoms with Gasteiger partial charge in [-0.2, -0.15) is 0 Å². The molecule has 0 aliphatic carbocycles. The smallest absolute Gasteiger partial charge is 0.240 e. The molecule has 13 heavy (non-hydrogen) atoms. The van der Waals surface area contributed by atoms with E-state index in [2.05, 4.69) is 16.2 Å². The Kier molecular flexibility index (Phi) is 2.79. The minimum atomic E-state index is -0.377. The zero-order valence-corrected chi connectivity index (χ0v) is 7.65. The number of amides is 1. The molecule has 1 atom stereocenters. The number of carbonyl (C=O) groups is 1. The number of carbonyl (C=O) groups excluding carboxylic acids is 1. The number of dihydropyridines is 1. The van der Waals surface area contributed by atoms with Crippen LogP contribution >= 0.6 is 12.4 Å². The van der Waals surface area contributed by atoms with Gasteiger partial charge in [0.25, 0.3) is 0 Å². The minimum absolute atomic E-state index is 0. The van der Waals surface area contributed by atoms with Crippen molar-refractivity contribution in [3.8, 4) is 0 Å². The Bertz CT molecular complexity index is 286. The predicted molar refractivity (Wildman–Crippen MR) is 50.7 cm³/mol. The number of hydrogen-bond donors (Lipinski definition) is 4. The molecule has 0 bridgehead atoms. The number of hydrazine groups is 1. The van der Waals surface area contributed by atoms with Gasteiger partial charge in [0.05, 0.1) is 5.70 Å². The molecule has 5 nitrogen and oxygen atoms in total. The first-order valence-corrected chi connectivity index (χ1v) is 3.73. The van der Waals surface area contributed by atoms with E-state index in [1.165, 1.54) is 0 Å². The van der Waals surface area contributed by atoms with Crippen LogP contribution in [0.5, 0.6) is 0 Å². The average Bonchev–Trinajstić information content (AvgIpc) is 2.47. The van der Waals surface area contributed by atoms with Gasteiger partial charge in [0.15, 0.2) is 0 Å². The fourth-order valence-electron chi connectivity index (χ4n) is 1.37. The van der Waals surface area contributed by atoms with Gasteiger partial charge in [-0.25, -0.2) is 5.43 Å². The summed E-state index contributed by atoms with van der Waals surface area (Å²) >= 11 is 0. The zero-order valence-electron chi connectivity index (χ0n) is 6.83. The third-order valence-corrected chi connectivity index (χ3v) is 1.99. The number of nitrogens with two attached hydrogens (primary N) is 1. The van der Waals surface area contributed by atoms with Gasteiger partial charge >= 0.3 is 0 Å². The second-order valence-corrected chi connectivity index (χ2v) is 2.76. The summed E-state index contributed by atoms with van der Waals surface area (Å²) in [4.78, 5) is 10.9. The molecule has 0 saturated heterocycles. The van der Waals surface area contributed by atoms with Crippen molar-refractivity contribution in [2.75, 3.05) is 6.54 Å². The molecule has 0 aromatic rings. The number of rotatable bonds is 1. The number of primary amides is 1. The highest BCUT2D eigenvalue weighted by molar-refractivity contribution is 5.85. The van der Waals surface area contributed by atoms with Crippen molar-refractivity contribution in [1.29, 1.82) is 0 Å². The summed E-state index contributed by atoms with van der Waals surface area (Å²) in [5, 5.41) is 3.01. The second-order valence-electron chi connectivity index (χ2n) is 2.76. The Labute approximate surface area is 81.8 Å². The number of halogens is 1. The van der Waals surface area contributed by atoms with Gasteiger partial charge in [-0.05, 0) is 12.3 Å². The zero-order chi connectivity index (χ0) is 8.55. The van der Waals surface area contributed by atoms with Crippen LogP contribution in [-0.4, -0.2) is 18.5 Å². The van der Waals surface area contributed by atoms with Crippen molar-refractivity contribution in [2.24, 2.45) is 5.73 Å². The van der Waals surface area contributed by atoms with Gasteiger partial charge in [-0.15, -0.1) is 12.4 Å². The summed E-state index contributed by atoms with van der Waals surface area (Å²) in [5.41, 5.74) is 12.8. The van der Waals surface area contributed by atoms with Gasteiger partial charge in [0.1, 0.15) is 6.04 Å². The lowest BCUT2D eigenvalue weighted by molar-refractivity contribution is -0.119. The van der Waals surface area contributed by atoms with E-state index in [-0.39, 0.29) is 24.4 Å². The van der Waals surface area contributed by atoms with Crippen LogP contribution in [0.3, 0.4) is 0 Å². The third-order valence-electron chi connectivity index (χ3n) is 1.99. The number of hydrogen-bond acceptors (Lipinski definition) is 4. The van der Waals surface area contributed by atoms with Crippen LogP contribution in [0.15, 0.2) is 23.5 Å². The summed E-state index contributed by atoms with van der Waals surface area (Å²) in [5.74, 6) is -0.357. The van der Waals surface area contributed by atoms with E-state index in [1.54, 1.807) is 0 Å². The topological polar surface area (TPSA) is 79.2 Å². The van der Waals surface area contributed by atoms with Crippen LogP contribution in [0.25, 0.3) is 0 Å². The van der Waals surface area contributed by atoms with E-state index < -0.39 is 0 Å². The maximum atomic E-state index is 10.9. The molecule has 1 amide bonds. The molecule has 0 radical (unpaired) electrons. The van der Waals surface area contributed by atoms with Crippen molar-refractivity contribution in [3.05, 3.63) is 23.5 Å². The maximum Gasteiger partial charge on any atom is 0.240 e. The van der Waals surface area contributed by atoms with Gasteiger partial charge in [0.2, 0.25) is 5.91 Å². The third kappa shape index (κ3) is 1.61. The van der Waals surface area contributed by atoms with Crippen molar-refractivity contribution >= 4 is 18.3 Å². The second kappa shape index (κ2) is 3.68. The summed E-state index contributed by atoms with van der Waals surface area (Å²) in [6.45, 7) is 0.666. The lowest BCUT2D eigenvalue weighted by atomic mass is 10.1. The molecule has 0 aromatic heterocycles. The largest absolute Gasteiger partial charge is 0.387 e. The van der Waals surface area contributed by atoms with Crippen molar-refractivity contribution in [2.45, 2.75) is 6.04 Å². The Balaban J connectivity index is 0.000000845. The molecule has 1 unspecified atom stereocenters. The highest BCUT2D eigenvalue weighted by Gasteiger charge is 2.28. The number of allylic oxidation sites excluding steroid dienone is 1. The molecule has 2 aliphatic rings. The van der Waals surface area contributed by atoms with Gasteiger partial charge < -0.3 is 16.5 Å². The van der Waals surface area contributed by atoms with Crippen LogP contribution < -0.4 is 21.9 Å². The lowest BCUT2D eigenvalue weighted by Gasteiger charge is -2.12. The van der Waals surface area contributed by atoms with Crippen molar-refractivity contribution < 1.29 is 4.79 Å². The molecule has 2 aliphatic heterocycles. The van der Waals surface area contributed by atoms with Crippen molar-refractivity contribution in [3.63, 3.8) is 0 Å². The van der Waals surface area contributed by atoms with E-state index in [9.17, 15) is 4.79 Å². The fourth-order valence-corrected chi connectivity index (χ4v) is 1.37. The summed E-state index contributed by atoms with van der Waals surface area (Å²) in [7, 11) is 0. The normalized spacial score (nSPS) is 24.2. The highest BCUT2D eigenvalue weighted by Crippen LogP contribution is 2.15.